The summed E-state index contributed by atoms with van der Waals surface area (Å²) in [5.74, 6) is -0.465. The molecule has 23 heavy (non-hydrogen) atoms. The molecule has 120 valence electrons. The van der Waals surface area contributed by atoms with Crippen LogP contribution in [-0.2, 0) is 4.79 Å². The molecule has 2 aromatic rings. The molecule has 0 aliphatic rings. The number of nitrogens with zero attached hydrogens (tertiary/aromatic N) is 2. The summed E-state index contributed by atoms with van der Waals surface area (Å²) in [6, 6.07) is 8.54. The third kappa shape index (κ3) is 4.53. The number of carbonyl (C=O) groups excluding carboxylic acids is 2. The van der Waals surface area contributed by atoms with Gasteiger partial charge in [0.2, 0.25) is 5.91 Å². The lowest BCUT2D eigenvalue weighted by molar-refractivity contribution is -0.116. The molecule has 1 N–H and O–H groups in total. The predicted molar refractivity (Wildman–Crippen MR) is 90.6 cm³/mol. The van der Waals surface area contributed by atoms with E-state index in [9.17, 15) is 9.59 Å². The second kappa shape index (κ2) is 7.74. The van der Waals surface area contributed by atoms with E-state index in [0.29, 0.717) is 22.8 Å². The molecule has 0 unspecified atom stereocenters. The van der Waals surface area contributed by atoms with E-state index in [1.54, 1.807) is 36.7 Å². The minimum Gasteiger partial charge on any atom is -0.330 e. The van der Waals surface area contributed by atoms with E-state index in [2.05, 4.69) is 10.3 Å². The van der Waals surface area contributed by atoms with Crippen molar-refractivity contribution in [3.63, 3.8) is 0 Å². The van der Waals surface area contributed by atoms with Crippen LogP contribution in [-0.4, -0.2) is 34.8 Å². The fourth-order valence-corrected chi connectivity index (χ4v) is 2.27. The number of hydrogen-bond acceptors (Lipinski definition) is 3. The van der Waals surface area contributed by atoms with Gasteiger partial charge in [-0.05, 0) is 43.7 Å². The Bertz CT molecular complexity index is 704. The summed E-state index contributed by atoms with van der Waals surface area (Å²) in [5, 5.41) is 3.34. The molecule has 0 radical (unpaired) electrons. The lowest BCUT2D eigenvalue weighted by Gasteiger charge is -2.20. The van der Waals surface area contributed by atoms with Crippen LogP contribution in [0.15, 0.2) is 42.7 Å². The highest BCUT2D eigenvalue weighted by Gasteiger charge is 2.17. The molecular formula is C17H18ClN3O2. The van der Waals surface area contributed by atoms with Crippen LogP contribution in [0.2, 0.25) is 5.02 Å². The van der Waals surface area contributed by atoms with Crippen molar-refractivity contribution < 1.29 is 9.59 Å². The van der Waals surface area contributed by atoms with Gasteiger partial charge in [0.05, 0.1) is 0 Å². The lowest BCUT2D eigenvalue weighted by Crippen LogP contribution is -2.37. The molecule has 5 nitrogen and oxygen atoms in total. The van der Waals surface area contributed by atoms with Gasteiger partial charge in [0.25, 0.3) is 5.91 Å². The largest absolute Gasteiger partial charge is 0.330 e. The second-order valence-electron chi connectivity index (χ2n) is 5.06. The first-order valence-corrected chi connectivity index (χ1v) is 7.64. The number of amides is 2. The van der Waals surface area contributed by atoms with E-state index in [4.69, 9.17) is 11.6 Å². The van der Waals surface area contributed by atoms with E-state index in [-0.39, 0.29) is 18.4 Å². The van der Waals surface area contributed by atoms with Crippen molar-refractivity contribution in [3.8, 4) is 0 Å². The molecule has 0 fully saturated rings. The molecule has 0 saturated heterocycles. The van der Waals surface area contributed by atoms with Crippen LogP contribution in [0.25, 0.3) is 0 Å². The summed E-state index contributed by atoms with van der Waals surface area (Å²) in [6.07, 6.45) is 3.10. The number of rotatable bonds is 5. The number of hydrogen-bond donors (Lipinski definition) is 1. The first kappa shape index (κ1) is 17.0. The number of halogens is 1. The van der Waals surface area contributed by atoms with Crippen molar-refractivity contribution in [2.24, 2.45) is 0 Å². The summed E-state index contributed by atoms with van der Waals surface area (Å²) < 4.78 is 0. The van der Waals surface area contributed by atoms with Crippen molar-refractivity contribution in [3.05, 3.63) is 58.9 Å². The topological polar surface area (TPSA) is 62.3 Å². The van der Waals surface area contributed by atoms with Crippen molar-refractivity contribution in [1.82, 2.24) is 9.88 Å². The summed E-state index contributed by atoms with van der Waals surface area (Å²) in [5.41, 5.74) is 2.06. The zero-order valence-corrected chi connectivity index (χ0v) is 13.8. The fourth-order valence-electron chi connectivity index (χ4n) is 2.10. The molecule has 6 heteroatoms. The zero-order chi connectivity index (χ0) is 16.8. The third-order valence-electron chi connectivity index (χ3n) is 3.40. The molecule has 0 atom stereocenters. The van der Waals surface area contributed by atoms with Gasteiger partial charge in [-0.3, -0.25) is 14.6 Å². The number of aromatic nitrogens is 1. The average Bonchev–Trinajstić information content (AvgIpc) is 2.56. The average molecular weight is 332 g/mol. The highest BCUT2D eigenvalue weighted by atomic mass is 35.5. The smallest absolute Gasteiger partial charge is 0.254 e. The lowest BCUT2D eigenvalue weighted by atomic mass is 10.2. The Kier molecular flexibility index (Phi) is 5.71. The molecule has 1 aromatic heterocycles. The van der Waals surface area contributed by atoms with Crippen LogP contribution < -0.4 is 5.32 Å². The third-order valence-corrected chi connectivity index (χ3v) is 3.64. The van der Waals surface area contributed by atoms with Crippen LogP contribution in [0.1, 0.15) is 22.8 Å². The first-order chi connectivity index (χ1) is 11.0. The van der Waals surface area contributed by atoms with Gasteiger partial charge in [0.1, 0.15) is 6.54 Å². The number of carbonyl (C=O) groups is 2. The molecule has 0 bridgehead atoms. The van der Waals surface area contributed by atoms with Gasteiger partial charge >= 0.3 is 0 Å². The molecule has 0 aliphatic heterocycles. The number of benzene rings is 1. The normalized spacial score (nSPS) is 10.2. The SMILES string of the molecule is CCN(CC(=O)Nc1cc(Cl)ccc1C)C(=O)c1ccncc1. The highest BCUT2D eigenvalue weighted by Crippen LogP contribution is 2.20. The maximum atomic E-state index is 12.4. The summed E-state index contributed by atoms with van der Waals surface area (Å²) in [4.78, 5) is 30.0. The minimum absolute atomic E-state index is 0.0242. The maximum absolute atomic E-state index is 12.4. The van der Waals surface area contributed by atoms with E-state index in [1.807, 2.05) is 19.9 Å². The maximum Gasteiger partial charge on any atom is 0.254 e. The van der Waals surface area contributed by atoms with Crippen molar-refractivity contribution in [2.75, 3.05) is 18.4 Å². The Morgan fingerprint density at radius 3 is 2.57 bits per heavy atom. The fraction of sp³-hybridized carbons (Fsp3) is 0.235. The number of likely N-dealkylation sites (N-methyl/N-ethyl adjacent to an activating group) is 1. The second-order valence-corrected chi connectivity index (χ2v) is 5.50. The van der Waals surface area contributed by atoms with E-state index < -0.39 is 0 Å². The molecule has 2 amide bonds. The van der Waals surface area contributed by atoms with Crippen molar-refractivity contribution in [2.45, 2.75) is 13.8 Å². The first-order valence-electron chi connectivity index (χ1n) is 7.26. The van der Waals surface area contributed by atoms with Gasteiger partial charge in [-0.25, -0.2) is 0 Å². The molecule has 0 spiro atoms. The van der Waals surface area contributed by atoms with Crippen LogP contribution >= 0.6 is 11.6 Å². The Labute approximate surface area is 140 Å². The Balaban J connectivity index is 2.05. The van der Waals surface area contributed by atoms with E-state index >= 15 is 0 Å². The number of nitrogens with one attached hydrogen (secondary N) is 1. The standard InChI is InChI=1S/C17H18ClN3O2/c1-3-21(17(23)13-6-8-19-9-7-13)11-16(22)20-15-10-14(18)5-4-12(15)2/h4-10H,3,11H2,1-2H3,(H,20,22). The van der Waals surface area contributed by atoms with Gasteiger partial charge in [0.15, 0.2) is 0 Å². The summed E-state index contributed by atoms with van der Waals surface area (Å²) in [6.45, 7) is 4.12. The molecule has 0 saturated carbocycles. The Morgan fingerprint density at radius 2 is 1.91 bits per heavy atom. The molecule has 1 heterocycles. The van der Waals surface area contributed by atoms with E-state index in [0.717, 1.165) is 5.56 Å². The molecule has 0 aliphatic carbocycles. The van der Waals surface area contributed by atoms with Crippen LogP contribution in [0, 0.1) is 6.92 Å². The van der Waals surface area contributed by atoms with Crippen LogP contribution in [0.4, 0.5) is 5.69 Å². The minimum atomic E-state index is -0.264. The zero-order valence-electron chi connectivity index (χ0n) is 13.0. The van der Waals surface area contributed by atoms with E-state index in [1.165, 1.54) is 4.90 Å². The van der Waals surface area contributed by atoms with Crippen molar-refractivity contribution in [1.29, 1.82) is 0 Å². The Morgan fingerprint density at radius 1 is 1.22 bits per heavy atom. The Hall–Kier alpha value is -2.40. The van der Waals surface area contributed by atoms with Gasteiger partial charge in [-0.2, -0.15) is 0 Å². The van der Waals surface area contributed by atoms with Crippen molar-refractivity contribution >= 4 is 29.1 Å². The van der Waals surface area contributed by atoms with Crippen LogP contribution in [0.5, 0.6) is 0 Å². The van der Waals surface area contributed by atoms with Gasteiger partial charge < -0.3 is 10.2 Å². The number of anilines is 1. The monoisotopic (exact) mass is 331 g/mol. The number of pyridine rings is 1. The van der Waals surface area contributed by atoms with Gasteiger partial charge in [-0.15, -0.1) is 0 Å². The number of aryl methyl sites for hydroxylation is 1. The predicted octanol–water partition coefficient (Wildman–Crippen LogP) is 3.14. The molecule has 2 rings (SSSR count). The van der Waals surface area contributed by atoms with Crippen LogP contribution in [0.3, 0.4) is 0 Å². The molecular weight excluding hydrogens is 314 g/mol. The summed E-state index contributed by atoms with van der Waals surface area (Å²) in [7, 11) is 0. The van der Waals surface area contributed by atoms with Gasteiger partial charge in [0, 0.05) is 35.2 Å². The summed E-state index contributed by atoms with van der Waals surface area (Å²) >= 11 is 5.94. The molecule has 1 aromatic carbocycles. The highest BCUT2D eigenvalue weighted by molar-refractivity contribution is 6.31. The quantitative estimate of drug-likeness (QED) is 0.915. The van der Waals surface area contributed by atoms with Gasteiger partial charge in [-0.1, -0.05) is 17.7 Å².